The fourth-order valence-electron chi connectivity index (χ4n) is 2.20. The summed E-state index contributed by atoms with van der Waals surface area (Å²) in [6.07, 6.45) is 0.922. The van der Waals surface area contributed by atoms with Crippen LogP contribution in [0.25, 0.3) is 0 Å². The fraction of sp³-hybridized carbons (Fsp3) is 0.583. The number of nitrogens with zero attached hydrogens (tertiary/aromatic N) is 1. The van der Waals surface area contributed by atoms with E-state index < -0.39 is 0 Å². The van der Waals surface area contributed by atoms with E-state index >= 15 is 0 Å². The van der Waals surface area contributed by atoms with Crippen LogP contribution in [0.3, 0.4) is 0 Å². The Kier molecular flexibility index (Phi) is 4.15. The van der Waals surface area contributed by atoms with Crippen molar-refractivity contribution in [1.82, 2.24) is 10.2 Å². The lowest BCUT2D eigenvalue weighted by Gasteiger charge is -2.31. The van der Waals surface area contributed by atoms with Crippen molar-refractivity contribution in [2.45, 2.75) is 25.6 Å². The van der Waals surface area contributed by atoms with Gasteiger partial charge in [-0.05, 0) is 17.9 Å². The molecule has 1 fully saturated rings. The van der Waals surface area contributed by atoms with Gasteiger partial charge in [0.25, 0.3) is 0 Å². The molecule has 0 aliphatic carbocycles. The molecule has 0 bridgehead atoms. The van der Waals surface area contributed by atoms with E-state index in [0.717, 1.165) is 6.42 Å². The summed E-state index contributed by atoms with van der Waals surface area (Å²) in [6.45, 7) is 3.09. The average molecular weight is 254 g/mol. The van der Waals surface area contributed by atoms with E-state index in [4.69, 9.17) is 4.74 Å². The van der Waals surface area contributed by atoms with E-state index in [1.807, 2.05) is 16.3 Å². The number of thiophene rings is 1. The third-order valence-electron chi connectivity index (χ3n) is 3.05. The molecule has 94 valence electrons. The van der Waals surface area contributed by atoms with E-state index in [9.17, 15) is 4.79 Å². The molecule has 1 aliphatic rings. The molecular weight excluding hydrogens is 236 g/mol. The highest BCUT2D eigenvalue weighted by Gasteiger charge is 2.36. The van der Waals surface area contributed by atoms with Crippen molar-refractivity contribution in [3.05, 3.63) is 22.4 Å². The Labute approximate surface area is 106 Å². The third-order valence-corrected chi connectivity index (χ3v) is 3.97. The van der Waals surface area contributed by atoms with Gasteiger partial charge in [-0.15, -0.1) is 11.3 Å². The van der Waals surface area contributed by atoms with Crippen molar-refractivity contribution < 1.29 is 9.53 Å². The fourth-order valence-corrected chi connectivity index (χ4v) is 3.00. The molecule has 0 spiro atoms. The van der Waals surface area contributed by atoms with E-state index in [0.29, 0.717) is 13.2 Å². The van der Waals surface area contributed by atoms with Gasteiger partial charge in [-0.1, -0.05) is 13.0 Å². The molecule has 1 aliphatic heterocycles. The SMILES string of the molecule is CCC(COC)N1C(=O)CNC1c1cccs1. The zero-order valence-corrected chi connectivity index (χ0v) is 11.0. The Balaban J connectivity index is 2.18. The average Bonchev–Trinajstić information content (AvgIpc) is 2.95. The number of carbonyl (C=O) groups is 1. The molecule has 2 unspecified atom stereocenters. The van der Waals surface area contributed by atoms with Crippen LogP contribution in [-0.4, -0.2) is 37.1 Å². The molecule has 4 nitrogen and oxygen atoms in total. The number of rotatable bonds is 5. The summed E-state index contributed by atoms with van der Waals surface area (Å²) in [5.74, 6) is 0.160. The van der Waals surface area contributed by atoms with Crippen LogP contribution in [0.1, 0.15) is 24.4 Å². The first-order valence-electron chi connectivity index (χ1n) is 5.84. The van der Waals surface area contributed by atoms with E-state index in [-0.39, 0.29) is 18.1 Å². The number of methoxy groups -OCH3 is 1. The maximum Gasteiger partial charge on any atom is 0.238 e. The van der Waals surface area contributed by atoms with Crippen LogP contribution in [0.4, 0.5) is 0 Å². The second kappa shape index (κ2) is 5.62. The van der Waals surface area contributed by atoms with Crippen molar-refractivity contribution in [1.29, 1.82) is 0 Å². The van der Waals surface area contributed by atoms with Crippen molar-refractivity contribution in [3.63, 3.8) is 0 Å². The van der Waals surface area contributed by atoms with Gasteiger partial charge in [0.1, 0.15) is 6.17 Å². The lowest BCUT2D eigenvalue weighted by atomic mass is 10.2. The monoisotopic (exact) mass is 254 g/mol. The molecule has 0 saturated carbocycles. The third kappa shape index (κ3) is 2.51. The summed E-state index contributed by atoms with van der Waals surface area (Å²) >= 11 is 1.67. The highest BCUT2D eigenvalue weighted by molar-refractivity contribution is 7.10. The molecule has 5 heteroatoms. The van der Waals surface area contributed by atoms with Gasteiger partial charge in [0.2, 0.25) is 5.91 Å². The molecular formula is C12H18N2O2S. The van der Waals surface area contributed by atoms with Crippen LogP contribution in [0.5, 0.6) is 0 Å². The van der Waals surface area contributed by atoms with Crippen molar-refractivity contribution in [2.24, 2.45) is 0 Å². The molecule has 2 rings (SSSR count). The standard InChI is InChI=1S/C12H18N2O2S/c1-3-9(8-16-2)14-11(15)7-13-12(14)10-5-4-6-17-10/h4-6,9,12-13H,3,7-8H2,1-2H3. The molecule has 1 saturated heterocycles. The number of carbonyl (C=O) groups excluding carboxylic acids is 1. The van der Waals surface area contributed by atoms with Crippen LogP contribution >= 0.6 is 11.3 Å². The molecule has 17 heavy (non-hydrogen) atoms. The number of hydrogen-bond acceptors (Lipinski definition) is 4. The Morgan fingerprint density at radius 2 is 2.53 bits per heavy atom. The summed E-state index contributed by atoms with van der Waals surface area (Å²) < 4.78 is 5.20. The zero-order valence-electron chi connectivity index (χ0n) is 10.2. The van der Waals surface area contributed by atoms with Crippen molar-refractivity contribution in [2.75, 3.05) is 20.3 Å². The second-order valence-electron chi connectivity index (χ2n) is 4.12. The summed E-state index contributed by atoms with van der Waals surface area (Å²) in [5, 5.41) is 5.30. The Bertz CT molecular complexity index is 367. The van der Waals surface area contributed by atoms with E-state index in [2.05, 4.69) is 18.3 Å². The molecule has 1 N–H and O–H groups in total. The molecule has 1 amide bonds. The van der Waals surface area contributed by atoms with Crippen LogP contribution in [0.2, 0.25) is 0 Å². The van der Waals surface area contributed by atoms with Gasteiger partial charge < -0.3 is 9.64 Å². The number of nitrogens with one attached hydrogen (secondary N) is 1. The number of amides is 1. The Morgan fingerprint density at radius 3 is 3.12 bits per heavy atom. The quantitative estimate of drug-likeness (QED) is 0.868. The molecule has 0 aromatic carbocycles. The van der Waals surface area contributed by atoms with Crippen LogP contribution in [0.15, 0.2) is 17.5 Å². The van der Waals surface area contributed by atoms with E-state index in [1.54, 1.807) is 18.4 Å². The van der Waals surface area contributed by atoms with Crippen molar-refractivity contribution >= 4 is 17.2 Å². The normalized spacial score (nSPS) is 22.1. The maximum atomic E-state index is 12.0. The Hall–Kier alpha value is -0.910. The minimum atomic E-state index is 0.0163. The highest BCUT2D eigenvalue weighted by Crippen LogP contribution is 2.28. The van der Waals surface area contributed by atoms with Gasteiger partial charge in [0.05, 0.1) is 19.2 Å². The molecule has 0 radical (unpaired) electrons. The second-order valence-corrected chi connectivity index (χ2v) is 5.10. The number of hydrogen-bond donors (Lipinski definition) is 1. The Morgan fingerprint density at radius 1 is 1.71 bits per heavy atom. The van der Waals surface area contributed by atoms with Gasteiger partial charge in [-0.3, -0.25) is 10.1 Å². The summed E-state index contributed by atoms with van der Waals surface area (Å²) in [5.41, 5.74) is 0. The van der Waals surface area contributed by atoms with Crippen LogP contribution in [0, 0.1) is 0 Å². The molecule has 2 heterocycles. The largest absolute Gasteiger partial charge is 0.383 e. The highest BCUT2D eigenvalue weighted by atomic mass is 32.1. The van der Waals surface area contributed by atoms with Crippen LogP contribution in [-0.2, 0) is 9.53 Å². The summed E-state index contributed by atoms with van der Waals surface area (Å²) in [6, 6.07) is 4.22. The first-order valence-corrected chi connectivity index (χ1v) is 6.72. The first-order chi connectivity index (χ1) is 8.27. The minimum Gasteiger partial charge on any atom is -0.383 e. The van der Waals surface area contributed by atoms with Gasteiger partial charge in [0, 0.05) is 12.0 Å². The van der Waals surface area contributed by atoms with Gasteiger partial charge in [0.15, 0.2) is 0 Å². The lowest BCUT2D eigenvalue weighted by Crippen LogP contribution is -2.41. The van der Waals surface area contributed by atoms with E-state index in [1.165, 1.54) is 4.88 Å². The predicted octanol–water partition coefficient (Wildman–Crippen LogP) is 1.60. The van der Waals surface area contributed by atoms with Gasteiger partial charge in [-0.2, -0.15) is 0 Å². The maximum absolute atomic E-state index is 12.0. The molecule has 1 aromatic heterocycles. The van der Waals surface area contributed by atoms with Crippen molar-refractivity contribution in [3.8, 4) is 0 Å². The summed E-state index contributed by atoms with van der Waals surface area (Å²) in [7, 11) is 1.68. The minimum absolute atomic E-state index is 0.0163. The first kappa shape index (κ1) is 12.5. The van der Waals surface area contributed by atoms with Gasteiger partial charge in [-0.25, -0.2) is 0 Å². The van der Waals surface area contributed by atoms with Gasteiger partial charge >= 0.3 is 0 Å². The smallest absolute Gasteiger partial charge is 0.238 e. The number of ether oxygens (including phenoxy) is 1. The molecule has 2 atom stereocenters. The topological polar surface area (TPSA) is 41.6 Å². The lowest BCUT2D eigenvalue weighted by molar-refractivity contribution is -0.131. The predicted molar refractivity (Wildman–Crippen MR) is 67.9 cm³/mol. The zero-order chi connectivity index (χ0) is 12.3. The summed E-state index contributed by atoms with van der Waals surface area (Å²) in [4.78, 5) is 15.1. The molecule has 1 aromatic rings. The van der Waals surface area contributed by atoms with Crippen LogP contribution < -0.4 is 5.32 Å².